The molecule has 2 aliphatic rings. The van der Waals surface area contributed by atoms with Crippen LogP contribution in [0.3, 0.4) is 0 Å². The number of anilines is 1. The Kier molecular flexibility index (Phi) is 5.91. The molecule has 0 bridgehead atoms. The smallest absolute Gasteiger partial charge is 0.248 e. The van der Waals surface area contributed by atoms with E-state index in [1.54, 1.807) is 12.4 Å². The van der Waals surface area contributed by atoms with E-state index in [1.165, 1.54) is 0 Å². The van der Waals surface area contributed by atoms with Crippen molar-refractivity contribution < 1.29 is 13.5 Å². The van der Waals surface area contributed by atoms with Crippen LogP contribution in [0.4, 0.5) is 14.7 Å². The van der Waals surface area contributed by atoms with Gasteiger partial charge in [-0.25, -0.2) is 23.7 Å². The molecule has 3 aromatic heterocycles. The summed E-state index contributed by atoms with van der Waals surface area (Å²) >= 11 is 0. The number of rotatable bonds is 5. The second-order valence-corrected chi connectivity index (χ2v) is 9.97. The van der Waals surface area contributed by atoms with Crippen LogP contribution in [0.15, 0.2) is 36.8 Å². The largest absolute Gasteiger partial charge is 0.473 e. The molecule has 10 heteroatoms. The maximum Gasteiger partial charge on any atom is 0.248 e. The third kappa shape index (κ3) is 4.82. The number of nitrogens with one attached hydrogen (secondary N) is 2. The van der Waals surface area contributed by atoms with Gasteiger partial charge >= 0.3 is 0 Å². The first kappa shape index (κ1) is 23.0. The van der Waals surface area contributed by atoms with E-state index >= 15 is 0 Å². The van der Waals surface area contributed by atoms with Gasteiger partial charge in [0.15, 0.2) is 0 Å². The van der Waals surface area contributed by atoms with E-state index in [9.17, 15) is 8.78 Å². The van der Waals surface area contributed by atoms with Gasteiger partial charge in [-0.1, -0.05) is 6.07 Å². The number of benzene rings is 1. The molecule has 1 aliphatic heterocycles. The standard InChI is InChI=1S/C26H29F2N7O/c1-35-10-6-18(7-11-35)36-23-15-29-21-3-2-16(12-22(21)33-23)19-13-30-24-20(19)14-31-25(34-24)32-17-4-8-26(27,28)9-5-17/h2-3,12-15,17-18H,4-11H2,1H3,(H2,30,31,32,34). The lowest BCUT2D eigenvalue weighted by Crippen LogP contribution is -2.35. The van der Waals surface area contributed by atoms with Crippen LogP contribution in [-0.4, -0.2) is 68.0 Å². The molecule has 1 aromatic carbocycles. The molecule has 2 fully saturated rings. The Morgan fingerprint density at radius 1 is 1.03 bits per heavy atom. The molecule has 1 aliphatic carbocycles. The Morgan fingerprint density at radius 2 is 1.83 bits per heavy atom. The van der Waals surface area contributed by atoms with Crippen molar-refractivity contribution in [2.45, 2.75) is 56.6 Å². The van der Waals surface area contributed by atoms with Crippen LogP contribution in [0, 0.1) is 0 Å². The van der Waals surface area contributed by atoms with E-state index in [2.05, 4.69) is 37.2 Å². The fraction of sp³-hybridized carbons (Fsp3) is 0.462. The molecule has 2 N–H and O–H groups in total. The summed E-state index contributed by atoms with van der Waals surface area (Å²) in [5.74, 6) is -1.56. The first-order valence-corrected chi connectivity index (χ1v) is 12.5. The summed E-state index contributed by atoms with van der Waals surface area (Å²) in [6.07, 6.45) is 8.10. The van der Waals surface area contributed by atoms with Gasteiger partial charge in [-0.05, 0) is 50.4 Å². The molecule has 8 nitrogen and oxygen atoms in total. The molecule has 0 amide bonds. The maximum atomic E-state index is 13.4. The first-order valence-electron chi connectivity index (χ1n) is 12.5. The number of likely N-dealkylation sites (tertiary alicyclic amines) is 1. The summed E-state index contributed by atoms with van der Waals surface area (Å²) in [7, 11) is 2.13. The lowest BCUT2D eigenvalue weighted by molar-refractivity contribution is -0.0361. The molecule has 4 aromatic rings. The minimum Gasteiger partial charge on any atom is -0.473 e. The quantitative estimate of drug-likeness (QED) is 0.403. The van der Waals surface area contributed by atoms with E-state index in [-0.39, 0.29) is 25.0 Å². The van der Waals surface area contributed by atoms with Crippen molar-refractivity contribution in [1.82, 2.24) is 29.8 Å². The van der Waals surface area contributed by atoms with Crippen LogP contribution in [0.25, 0.3) is 33.2 Å². The highest BCUT2D eigenvalue weighted by atomic mass is 19.3. The summed E-state index contributed by atoms with van der Waals surface area (Å²) < 4.78 is 33.0. The van der Waals surface area contributed by atoms with Crippen LogP contribution in [0.1, 0.15) is 38.5 Å². The number of fused-ring (bicyclic) bond motifs is 2. The Hall–Kier alpha value is -3.40. The molecule has 6 rings (SSSR count). The summed E-state index contributed by atoms with van der Waals surface area (Å²) in [5, 5.41) is 4.09. The lowest BCUT2D eigenvalue weighted by Gasteiger charge is -2.28. The summed E-state index contributed by atoms with van der Waals surface area (Å²) in [4.78, 5) is 23.8. The normalized spacial score (nSPS) is 19.6. The topological polar surface area (TPSA) is 91.8 Å². The molecule has 1 saturated carbocycles. The van der Waals surface area contributed by atoms with Crippen LogP contribution < -0.4 is 10.1 Å². The Morgan fingerprint density at radius 3 is 2.64 bits per heavy atom. The summed E-state index contributed by atoms with van der Waals surface area (Å²) in [6.45, 7) is 2.04. The number of ether oxygens (including phenoxy) is 1. The van der Waals surface area contributed by atoms with Crippen LogP contribution in [0.5, 0.6) is 5.88 Å². The van der Waals surface area contributed by atoms with Gasteiger partial charge < -0.3 is 19.9 Å². The second-order valence-electron chi connectivity index (χ2n) is 9.97. The fourth-order valence-electron chi connectivity index (χ4n) is 5.07. The van der Waals surface area contributed by atoms with Gasteiger partial charge in [-0.15, -0.1) is 0 Å². The number of H-pyrrole nitrogens is 1. The minimum absolute atomic E-state index is 0.0403. The van der Waals surface area contributed by atoms with Crippen LogP contribution >= 0.6 is 0 Å². The van der Waals surface area contributed by atoms with Gasteiger partial charge in [0.05, 0.1) is 17.2 Å². The average molecular weight is 494 g/mol. The molecule has 0 unspecified atom stereocenters. The monoisotopic (exact) mass is 493 g/mol. The molecular formula is C26H29F2N7O. The molecular weight excluding hydrogens is 464 g/mol. The Bertz CT molecular complexity index is 1370. The van der Waals surface area contributed by atoms with Gasteiger partial charge in [0.25, 0.3) is 0 Å². The van der Waals surface area contributed by atoms with E-state index < -0.39 is 5.92 Å². The minimum atomic E-state index is -2.55. The molecule has 188 valence electrons. The number of aromatic nitrogens is 5. The van der Waals surface area contributed by atoms with Crippen LogP contribution in [0.2, 0.25) is 0 Å². The van der Waals surface area contributed by atoms with Crippen molar-refractivity contribution in [3.05, 3.63) is 36.8 Å². The zero-order chi connectivity index (χ0) is 24.7. The van der Waals surface area contributed by atoms with E-state index in [4.69, 9.17) is 9.72 Å². The predicted octanol–water partition coefficient (Wildman–Crippen LogP) is 5.03. The van der Waals surface area contributed by atoms with Crippen molar-refractivity contribution in [2.75, 3.05) is 25.5 Å². The van der Waals surface area contributed by atoms with E-state index in [1.807, 2.05) is 24.4 Å². The predicted molar refractivity (Wildman–Crippen MR) is 134 cm³/mol. The highest BCUT2D eigenvalue weighted by molar-refractivity contribution is 5.95. The molecule has 0 atom stereocenters. The number of hydrogen-bond acceptors (Lipinski definition) is 7. The molecule has 4 heterocycles. The second kappa shape index (κ2) is 9.24. The third-order valence-corrected chi connectivity index (χ3v) is 7.27. The van der Waals surface area contributed by atoms with Crippen molar-refractivity contribution in [2.24, 2.45) is 0 Å². The van der Waals surface area contributed by atoms with Gasteiger partial charge in [-0.2, -0.15) is 4.98 Å². The molecule has 1 saturated heterocycles. The highest BCUT2D eigenvalue weighted by Crippen LogP contribution is 2.34. The number of alkyl halides is 2. The van der Waals surface area contributed by atoms with Crippen molar-refractivity contribution in [1.29, 1.82) is 0 Å². The number of nitrogens with zero attached hydrogens (tertiary/aromatic N) is 5. The van der Waals surface area contributed by atoms with E-state index in [0.717, 1.165) is 53.5 Å². The van der Waals surface area contributed by atoms with Crippen molar-refractivity contribution in [3.63, 3.8) is 0 Å². The van der Waals surface area contributed by atoms with Gasteiger partial charge in [0, 0.05) is 55.3 Å². The molecule has 0 spiro atoms. The number of halogens is 2. The number of piperidine rings is 1. The maximum absolute atomic E-state index is 13.4. The van der Waals surface area contributed by atoms with Crippen LogP contribution in [-0.2, 0) is 0 Å². The zero-order valence-electron chi connectivity index (χ0n) is 20.2. The average Bonchev–Trinajstić information content (AvgIpc) is 3.30. The van der Waals surface area contributed by atoms with Gasteiger partial charge in [-0.3, -0.25) is 0 Å². The Balaban J connectivity index is 1.21. The van der Waals surface area contributed by atoms with Crippen molar-refractivity contribution in [3.8, 4) is 17.0 Å². The SMILES string of the molecule is CN1CCC(Oc2cnc3ccc(-c4c[nH]c5nc(NC6CCC(F)(F)CC6)ncc45)cc3n2)CC1. The summed E-state index contributed by atoms with van der Waals surface area (Å²) in [6, 6.07) is 5.92. The number of aromatic amines is 1. The van der Waals surface area contributed by atoms with Crippen molar-refractivity contribution >= 4 is 28.0 Å². The third-order valence-electron chi connectivity index (χ3n) is 7.27. The first-order chi connectivity index (χ1) is 17.4. The summed E-state index contributed by atoms with van der Waals surface area (Å²) in [5.41, 5.74) is 4.18. The van der Waals surface area contributed by atoms with Gasteiger partial charge in [0.1, 0.15) is 11.8 Å². The van der Waals surface area contributed by atoms with E-state index in [0.29, 0.717) is 30.3 Å². The van der Waals surface area contributed by atoms with Gasteiger partial charge in [0.2, 0.25) is 17.8 Å². The highest BCUT2D eigenvalue weighted by Gasteiger charge is 2.35. The lowest BCUT2D eigenvalue weighted by atomic mass is 9.92. The molecule has 36 heavy (non-hydrogen) atoms. The molecule has 0 radical (unpaired) electrons. The Labute approximate surface area is 207 Å². The number of hydrogen-bond donors (Lipinski definition) is 2. The fourth-order valence-corrected chi connectivity index (χ4v) is 5.07. The zero-order valence-corrected chi connectivity index (χ0v) is 20.2.